The molecule has 9 nitrogen and oxygen atoms in total. The van der Waals surface area contributed by atoms with Crippen LogP contribution in [0.25, 0.3) is 0 Å². The van der Waals surface area contributed by atoms with Gasteiger partial charge in [0.15, 0.2) is 11.6 Å². The second-order valence-corrected chi connectivity index (χ2v) is 6.87. The normalized spacial score (nSPS) is 27.2. The first-order chi connectivity index (χ1) is 11.7. The van der Waals surface area contributed by atoms with Crippen LogP contribution in [0.2, 0.25) is 0 Å². The summed E-state index contributed by atoms with van der Waals surface area (Å²) in [6, 6.07) is 0. The zero-order valence-corrected chi connectivity index (χ0v) is 15.2. The first kappa shape index (κ1) is 20.1. The molecule has 0 saturated carbocycles. The van der Waals surface area contributed by atoms with Crippen molar-refractivity contribution in [1.82, 2.24) is 5.32 Å². The van der Waals surface area contributed by atoms with Gasteiger partial charge in [0, 0.05) is 0 Å². The van der Waals surface area contributed by atoms with E-state index in [2.05, 4.69) is 5.32 Å². The van der Waals surface area contributed by atoms with Crippen LogP contribution in [0.4, 0.5) is 0 Å². The second kappa shape index (κ2) is 8.41. The molecule has 2 aliphatic heterocycles. The molecule has 0 aromatic rings. The van der Waals surface area contributed by atoms with Crippen molar-refractivity contribution in [1.29, 1.82) is 0 Å². The van der Waals surface area contributed by atoms with Crippen LogP contribution in [0.3, 0.4) is 0 Å². The van der Waals surface area contributed by atoms with Gasteiger partial charge >= 0.3 is 11.9 Å². The van der Waals surface area contributed by atoms with Gasteiger partial charge in [0.2, 0.25) is 0 Å². The fourth-order valence-electron chi connectivity index (χ4n) is 2.43. The second-order valence-electron chi connectivity index (χ2n) is 6.87. The maximum atomic E-state index is 11.6. The summed E-state index contributed by atoms with van der Waals surface area (Å²) in [4.78, 5) is 23.2. The van der Waals surface area contributed by atoms with Gasteiger partial charge in [0.1, 0.15) is 25.4 Å². The van der Waals surface area contributed by atoms with E-state index in [-0.39, 0.29) is 38.5 Å². The Labute approximate surface area is 147 Å². The van der Waals surface area contributed by atoms with Crippen LogP contribution in [-0.4, -0.2) is 75.2 Å². The fourth-order valence-corrected chi connectivity index (χ4v) is 2.43. The number of carbonyl (C=O) groups excluding carboxylic acids is 2. The van der Waals surface area contributed by atoms with Crippen molar-refractivity contribution in [2.24, 2.45) is 0 Å². The summed E-state index contributed by atoms with van der Waals surface area (Å²) >= 11 is 0. The maximum absolute atomic E-state index is 11.6. The van der Waals surface area contributed by atoms with Crippen LogP contribution in [0.15, 0.2) is 0 Å². The van der Waals surface area contributed by atoms with Gasteiger partial charge in [-0.1, -0.05) is 0 Å². The van der Waals surface area contributed by atoms with Gasteiger partial charge in [-0.15, -0.1) is 0 Å². The fraction of sp³-hybridized carbons (Fsp3) is 0.875. The first-order valence-electron chi connectivity index (χ1n) is 8.31. The Morgan fingerprint density at radius 1 is 0.880 bits per heavy atom. The molecule has 0 bridgehead atoms. The largest absolute Gasteiger partial charge is 0.462 e. The lowest BCUT2D eigenvalue weighted by Crippen LogP contribution is -2.34. The average Bonchev–Trinajstić information content (AvgIpc) is 3.04. The molecule has 2 atom stereocenters. The average molecular weight is 361 g/mol. The molecule has 25 heavy (non-hydrogen) atoms. The van der Waals surface area contributed by atoms with Gasteiger partial charge in [-0.25, -0.2) is 0 Å². The lowest BCUT2D eigenvalue weighted by atomic mass is 10.4. The lowest BCUT2D eigenvalue weighted by Gasteiger charge is -2.17. The van der Waals surface area contributed by atoms with E-state index in [4.69, 9.17) is 28.4 Å². The minimum absolute atomic E-state index is 0.0951. The molecular weight excluding hydrogens is 334 g/mol. The summed E-state index contributed by atoms with van der Waals surface area (Å²) in [6.45, 7) is 7.99. The van der Waals surface area contributed by atoms with Crippen LogP contribution in [0.5, 0.6) is 0 Å². The van der Waals surface area contributed by atoms with Gasteiger partial charge in [-0.3, -0.25) is 14.9 Å². The minimum atomic E-state index is -0.650. The number of nitrogens with one attached hydrogen (secondary N) is 1. The van der Waals surface area contributed by atoms with Crippen molar-refractivity contribution < 1.29 is 38.0 Å². The van der Waals surface area contributed by atoms with E-state index in [9.17, 15) is 9.59 Å². The molecule has 0 radical (unpaired) electrons. The predicted octanol–water partition coefficient (Wildman–Crippen LogP) is -0.0346. The molecule has 2 heterocycles. The Kier molecular flexibility index (Phi) is 6.75. The molecule has 2 fully saturated rings. The highest BCUT2D eigenvalue weighted by molar-refractivity contribution is 5.74. The van der Waals surface area contributed by atoms with E-state index < -0.39 is 23.5 Å². The van der Waals surface area contributed by atoms with Crippen LogP contribution >= 0.6 is 0 Å². The molecule has 0 aliphatic carbocycles. The van der Waals surface area contributed by atoms with Crippen LogP contribution in [-0.2, 0) is 38.0 Å². The summed E-state index contributed by atoms with van der Waals surface area (Å²) < 4.78 is 31.9. The summed E-state index contributed by atoms with van der Waals surface area (Å²) in [6.07, 6.45) is -0.552. The zero-order valence-electron chi connectivity index (χ0n) is 15.2. The Hall–Kier alpha value is -1.26. The van der Waals surface area contributed by atoms with Gasteiger partial charge in [0.25, 0.3) is 0 Å². The number of hydrogen-bond acceptors (Lipinski definition) is 9. The lowest BCUT2D eigenvalue weighted by molar-refractivity contribution is -0.159. The topological polar surface area (TPSA) is 102 Å². The van der Waals surface area contributed by atoms with E-state index in [0.29, 0.717) is 13.2 Å². The Morgan fingerprint density at radius 3 is 1.60 bits per heavy atom. The zero-order chi connectivity index (χ0) is 18.5. The molecule has 1 N–H and O–H groups in total. The smallest absolute Gasteiger partial charge is 0.320 e. The highest BCUT2D eigenvalue weighted by atomic mass is 16.8. The number of ether oxygens (including phenoxy) is 6. The van der Waals surface area contributed by atoms with Gasteiger partial charge in [-0.2, -0.15) is 0 Å². The van der Waals surface area contributed by atoms with Gasteiger partial charge in [0.05, 0.1) is 26.3 Å². The molecule has 0 aromatic heterocycles. The SMILES string of the molecule is CC1(C)OCC(COC(=O)CNCC(=O)OCC2COC(C)(C)O2)O1. The molecule has 9 heteroatoms. The van der Waals surface area contributed by atoms with E-state index in [1.54, 1.807) is 27.7 Å². The highest BCUT2D eigenvalue weighted by Crippen LogP contribution is 2.23. The molecule has 2 unspecified atom stereocenters. The van der Waals surface area contributed by atoms with Crippen LogP contribution < -0.4 is 5.32 Å². The predicted molar refractivity (Wildman–Crippen MR) is 84.6 cm³/mol. The van der Waals surface area contributed by atoms with Crippen LogP contribution in [0, 0.1) is 0 Å². The number of hydrogen-bond donors (Lipinski definition) is 1. The highest BCUT2D eigenvalue weighted by Gasteiger charge is 2.34. The molecule has 2 aliphatic rings. The molecule has 2 rings (SSSR count). The van der Waals surface area contributed by atoms with E-state index in [0.717, 1.165) is 0 Å². The Balaban J connectivity index is 1.50. The molecule has 144 valence electrons. The van der Waals surface area contributed by atoms with Crippen molar-refractivity contribution in [2.75, 3.05) is 39.5 Å². The van der Waals surface area contributed by atoms with Crippen molar-refractivity contribution >= 4 is 11.9 Å². The van der Waals surface area contributed by atoms with Crippen LogP contribution in [0.1, 0.15) is 27.7 Å². The van der Waals surface area contributed by atoms with Gasteiger partial charge in [-0.05, 0) is 27.7 Å². The third kappa shape index (κ3) is 7.25. The standard InChI is InChI=1S/C16H27NO8/c1-15(2)22-9-11(24-15)7-20-13(18)5-17-6-14(19)21-8-12-10-23-16(3,4)25-12/h11-12,17H,5-10H2,1-4H3. The summed E-state index contributed by atoms with van der Waals surface area (Å²) in [5.41, 5.74) is 0. The van der Waals surface area contributed by atoms with Crippen molar-refractivity contribution in [3.63, 3.8) is 0 Å². The summed E-state index contributed by atoms with van der Waals surface area (Å²) in [5.74, 6) is -2.25. The third-order valence-corrected chi connectivity index (χ3v) is 3.53. The van der Waals surface area contributed by atoms with E-state index >= 15 is 0 Å². The number of carbonyl (C=O) groups is 2. The molecular formula is C16H27NO8. The molecule has 2 saturated heterocycles. The molecule has 0 aromatic carbocycles. The van der Waals surface area contributed by atoms with Crippen molar-refractivity contribution in [3.8, 4) is 0 Å². The van der Waals surface area contributed by atoms with E-state index in [1.165, 1.54) is 0 Å². The molecule has 0 spiro atoms. The maximum Gasteiger partial charge on any atom is 0.320 e. The number of rotatable bonds is 8. The number of esters is 2. The quantitative estimate of drug-likeness (QED) is 0.597. The minimum Gasteiger partial charge on any atom is -0.462 e. The monoisotopic (exact) mass is 361 g/mol. The summed E-state index contributed by atoms with van der Waals surface area (Å²) in [7, 11) is 0. The third-order valence-electron chi connectivity index (χ3n) is 3.53. The van der Waals surface area contributed by atoms with Gasteiger partial charge < -0.3 is 28.4 Å². The van der Waals surface area contributed by atoms with Crippen molar-refractivity contribution in [3.05, 3.63) is 0 Å². The Morgan fingerprint density at radius 2 is 1.28 bits per heavy atom. The summed E-state index contributed by atoms with van der Waals surface area (Å²) in [5, 5.41) is 2.68. The Bertz CT molecular complexity index is 437. The first-order valence-corrected chi connectivity index (χ1v) is 8.31. The molecule has 0 amide bonds. The van der Waals surface area contributed by atoms with E-state index in [1.807, 2.05) is 0 Å². The van der Waals surface area contributed by atoms with Crippen molar-refractivity contribution in [2.45, 2.75) is 51.5 Å².